The summed E-state index contributed by atoms with van der Waals surface area (Å²) in [7, 11) is 0. The predicted molar refractivity (Wildman–Crippen MR) is 89.6 cm³/mol. The highest BCUT2D eigenvalue weighted by Crippen LogP contribution is 2.21. The van der Waals surface area contributed by atoms with E-state index in [1.165, 1.54) is 16.7 Å². The summed E-state index contributed by atoms with van der Waals surface area (Å²) >= 11 is 1.22. The van der Waals surface area contributed by atoms with Gasteiger partial charge in [0.2, 0.25) is 5.91 Å². The smallest absolute Gasteiger partial charge is 0.282 e. The summed E-state index contributed by atoms with van der Waals surface area (Å²) in [6.45, 7) is 2.14. The third-order valence-electron chi connectivity index (χ3n) is 4.00. The van der Waals surface area contributed by atoms with Crippen molar-refractivity contribution in [1.29, 1.82) is 0 Å². The van der Waals surface area contributed by atoms with Gasteiger partial charge in [0.25, 0.3) is 11.1 Å². The largest absolute Gasteiger partial charge is 0.339 e. The van der Waals surface area contributed by atoms with Gasteiger partial charge >= 0.3 is 0 Å². The summed E-state index contributed by atoms with van der Waals surface area (Å²) in [4.78, 5) is 39.6. The van der Waals surface area contributed by atoms with Crippen LogP contribution in [0.15, 0.2) is 24.3 Å². The minimum Gasteiger partial charge on any atom is -0.339 e. The number of benzene rings is 1. The van der Waals surface area contributed by atoms with E-state index < -0.39 is 0 Å². The molecule has 6 nitrogen and oxygen atoms in total. The Morgan fingerprint density at radius 3 is 2.57 bits per heavy atom. The van der Waals surface area contributed by atoms with Crippen LogP contribution in [-0.2, 0) is 4.79 Å². The lowest BCUT2D eigenvalue weighted by atomic mass is 10.1. The zero-order valence-electron chi connectivity index (χ0n) is 12.8. The van der Waals surface area contributed by atoms with Crippen LogP contribution in [0.1, 0.15) is 23.2 Å². The standard InChI is InChI=1S/C16H19N3O3S/c20-14(11-19-9-10-23-16(19)22)17-13-6-2-1-5-12(13)15(21)18-7-3-4-8-18/h1-2,5-6H,3-4,7-11H2,(H,17,20). The molecule has 0 saturated carbocycles. The second kappa shape index (κ2) is 7.04. The molecule has 0 radical (unpaired) electrons. The Kier molecular flexibility index (Phi) is 4.85. The van der Waals surface area contributed by atoms with Gasteiger partial charge in [0.05, 0.1) is 11.3 Å². The molecular weight excluding hydrogens is 314 g/mol. The molecule has 7 heteroatoms. The number of thioether (sulfide) groups is 1. The molecule has 3 amide bonds. The highest BCUT2D eigenvalue weighted by Gasteiger charge is 2.25. The normalized spacial score (nSPS) is 17.7. The fourth-order valence-corrected chi connectivity index (χ4v) is 3.63. The molecule has 2 aliphatic rings. The van der Waals surface area contributed by atoms with Gasteiger partial charge in [0, 0.05) is 25.4 Å². The van der Waals surface area contributed by atoms with E-state index in [0.717, 1.165) is 31.7 Å². The maximum Gasteiger partial charge on any atom is 0.282 e. The van der Waals surface area contributed by atoms with Crippen molar-refractivity contribution in [3.8, 4) is 0 Å². The quantitative estimate of drug-likeness (QED) is 0.915. The second-order valence-electron chi connectivity index (χ2n) is 5.63. The SMILES string of the molecule is O=C(CN1CCSC1=O)Nc1ccccc1C(=O)N1CCCC1. The first kappa shape index (κ1) is 15.9. The number of anilines is 1. The van der Waals surface area contributed by atoms with Gasteiger partial charge in [0.15, 0.2) is 0 Å². The summed E-state index contributed by atoms with van der Waals surface area (Å²) < 4.78 is 0. The van der Waals surface area contributed by atoms with Crippen LogP contribution in [0.25, 0.3) is 0 Å². The van der Waals surface area contributed by atoms with Crippen LogP contribution in [-0.4, -0.2) is 58.8 Å². The van der Waals surface area contributed by atoms with Crippen molar-refractivity contribution in [2.45, 2.75) is 12.8 Å². The first-order valence-electron chi connectivity index (χ1n) is 7.75. The molecule has 2 saturated heterocycles. The Morgan fingerprint density at radius 1 is 1.13 bits per heavy atom. The van der Waals surface area contributed by atoms with Crippen LogP contribution in [0.3, 0.4) is 0 Å². The number of rotatable bonds is 4. The average molecular weight is 333 g/mol. The first-order chi connectivity index (χ1) is 11.1. The van der Waals surface area contributed by atoms with E-state index in [-0.39, 0.29) is 23.6 Å². The Hall–Kier alpha value is -2.02. The Balaban J connectivity index is 1.68. The van der Waals surface area contributed by atoms with Crippen LogP contribution in [0.5, 0.6) is 0 Å². The number of hydrogen-bond acceptors (Lipinski definition) is 4. The van der Waals surface area contributed by atoms with Crippen molar-refractivity contribution in [3.63, 3.8) is 0 Å². The van der Waals surface area contributed by atoms with Gasteiger partial charge in [-0.2, -0.15) is 0 Å². The molecular formula is C16H19N3O3S. The number of carbonyl (C=O) groups excluding carboxylic acids is 3. The molecule has 3 rings (SSSR count). The maximum absolute atomic E-state index is 12.6. The van der Waals surface area contributed by atoms with Gasteiger partial charge in [-0.15, -0.1) is 0 Å². The van der Waals surface area contributed by atoms with Gasteiger partial charge in [-0.25, -0.2) is 0 Å². The molecule has 2 aliphatic heterocycles. The zero-order valence-corrected chi connectivity index (χ0v) is 13.6. The first-order valence-corrected chi connectivity index (χ1v) is 8.73. The van der Waals surface area contributed by atoms with E-state index in [9.17, 15) is 14.4 Å². The summed E-state index contributed by atoms with van der Waals surface area (Å²) in [5.74, 6) is 0.393. The van der Waals surface area contributed by atoms with Gasteiger partial charge in [-0.1, -0.05) is 23.9 Å². The van der Waals surface area contributed by atoms with Crippen LogP contribution in [0, 0.1) is 0 Å². The van der Waals surface area contributed by atoms with Gasteiger partial charge in [-0.05, 0) is 25.0 Å². The fraction of sp³-hybridized carbons (Fsp3) is 0.438. The molecule has 0 aromatic heterocycles. The van der Waals surface area contributed by atoms with Crippen molar-refractivity contribution in [2.24, 2.45) is 0 Å². The maximum atomic E-state index is 12.6. The van der Waals surface area contributed by atoms with Crippen LogP contribution < -0.4 is 5.32 Å². The molecule has 0 bridgehead atoms. The predicted octanol–water partition coefficient (Wildman–Crippen LogP) is 2.03. The second-order valence-corrected chi connectivity index (χ2v) is 6.68. The molecule has 0 aliphatic carbocycles. The molecule has 122 valence electrons. The topological polar surface area (TPSA) is 69.7 Å². The number of para-hydroxylation sites is 1. The van der Waals surface area contributed by atoms with E-state index in [0.29, 0.717) is 17.8 Å². The number of likely N-dealkylation sites (tertiary alicyclic amines) is 1. The average Bonchev–Trinajstić information content (AvgIpc) is 3.20. The van der Waals surface area contributed by atoms with Crippen molar-refractivity contribution in [2.75, 3.05) is 37.2 Å². The van der Waals surface area contributed by atoms with Crippen molar-refractivity contribution >= 4 is 34.5 Å². The van der Waals surface area contributed by atoms with Crippen molar-refractivity contribution < 1.29 is 14.4 Å². The minimum absolute atomic E-state index is 0.0259. The van der Waals surface area contributed by atoms with E-state index in [1.54, 1.807) is 24.3 Å². The molecule has 0 spiro atoms. The lowest BCUT2D eigenvalue weighted by Crippen LogP contribution is -2.34. The van der Waals surface area contributed by atoms with Crippen molar-refractivity contribution in [3.05, 3.63) is 29.8 Å². The van der Waals surface area contributed by atoms with Crippen LogP contribution >= 0.6 is 11.8 Å². The van der Waals surface area contributed by atoms with E-state index in [1.807, 2.05) is 4.90 Å². The number of amides is 3. The molecule has 2 fully saturated rings. The molecule has 0 atom stereocenters. The summed E-state index contributed by atoms with van der Waals surface area (Å²) in [6, 6.07) is 7.03. The van der Waals surface area contributed by atoms with E-state index >= 15 is 0 Å². The summed E-state index contributed by atoms with van der Waals surface area (Å²) in [5.41, 5.74) is 1.01. The lowest BCUT2D eigenvalue weighted by Gasteiger charge is -2.19. The molecule has 1 N–H and O–H groups in total. The Labute approximate surface area is 139 Å². The number of nitrogens with zero attached hydrogens (tertiary/aromatic N) is 2. The minimum atomic E-state index is -0.275. The van der Waals surface area contributed by atoms with Gasteiger partial charge in [0.1, 0.15) is 6.54 Å². The molecule has 1 aromatic rings. The summed E-state index contributed by atoms with van der Waals surface area (Å²) in [6.07, 6.45) is 2.05. The third kappa shape index (κ3) is 3.67. The van der Waals surface area contributed by atoms with Gasteiger partial charge in [-0.3, -0.25) is 14.4 Å². The van der Waals surface area contributed by atoms with Crippen molar-refractivity contribution in [1.82, 2.24) is 9.80 Å². The van der Waals surface area contributed by atoms with Crippen LogP contribution in [0.2, 0.25) is 0 Å². The number of carbonyl (C=O) groups is 3. The Bertz CT molecular complexity index is 629. The summed E-state index contributed by atoms with van der Waals surface area (Å²) in [5, 5.41) is 2.70. The highest BCUT2D eigenvalue weighted by molar-refractivity contribution is 8.13. The monoisotopic (exact) mass is 333 g/mol. The Morgan fingerprint density at radius 2 is 1.87 bits per heavy atom. The number of hydrogen-bond donors (Lipinski definition) is 1. The fourth-order valence-electron chi connectivity index (χ4n) is 2.80. The highest BCUT2D eigenvalue weighted by atomic mass is 32.2. The molecule has 0 unspecified atom stereocenters. The molecule has 23 heavy (non-hydrogen) atoms. The van der Waals surface area contributed by atoms with E-state index in [2.05, 4.69) is 5.32 Å². The van der Waals surface area contributed by atoms with E-state index in [4.69, 9.17) is 0 Å². The van der Waals surface area contributed by atoms with Crippen LogP contribution in [0.4, 0.5) is 10.5 Å². The third-order valence-corrected chi connectivity index (χ3v) is 4.90. The lowest BCUT2D eigenvalue weighted by molar-refractivity contribution is -0.116. The molecule has 2 heterocycles. The van der Waals surface area contributed by atoms with Gasteiger partial charge < -0.3 is 15.1 Å². The number of nitrogens with one attached hydrogen (secondary N) is 1. The molecule has 1 aromatic carbocycles. The zero-order chi connectivity index (χ0) is 16.2.